The summed E-state index contributed by atoms with van der Waals surface area (Å²) in [5, 5.41) is 3.76. The first-order valence-electron chi connectivity index (χ1n) is 8.09. The molecule has 0 bridgehead atoms. The largest absolute Gasteiger partial charge is 0.373 e. The topological polar surface area (TPSA) is 15.3 Å². The van der Waals surface area contributed by atoms with Gasteiger partial charge in [-0.1, -0.05) is 25.8 Å². The Kier molecular flexibility index (Phi) is 5.47. The predicted molar refractivity (Wildman–Crippen MR) is 88.6 cm³/mol. The predicted octanol–water partition coefficient (Wildman–Crippen LogP) is 3.91. The van der Waals surface area contributed by atoms with Gasteiger partial charge in [-0.05, 0) is 55.9 Å². The highest BCUT2D eigenvalue weighted by Crippen LogP contribution is 2.23. The number of hydrogen-bond donors (Lipinski definition) is 1. The van der Waals surface area contributed by atoms with Crippen LogP contribution in [0.4, 0.5) is 5.69 Å². The molecular formula is C18H30N2. The van der Waals surface area contributed by atoms with Crippen molar-refractivity contribution in [3.8, 4) is 0 Å². The lowest BCUT2D eigenvalue weighted by Crippen LogP contribution is -2.41. The maximum absolute atomic E-state index is 3.76. The van der Waals surface area contributed by atoms with E-state index >= 15 is 0 Å². The minimum Gasteiger partial charge on any atom is -0.373 e. The van der Waals surface area contributed by atoms with Gasteiger partial charge in [0, 0.05) is 31.9 Å². The third kappa shape index (κ3) is 4.24. The zero-order valence-electron chi connectivity index (χ0n) is 13.6. The molecule has 1 saturated carbocycles. The van der Waals surface area contributed by atoms with Gasteiger partial charge in [0.05, 0.1) is 0 Å². The summed E-state index contributed by atoms with van der Waals surface area (Å²) >= 11 is 0. The maximum Gasteiger partial charge on any atom is 0.0369 e. The molecular weight excluding hydrogens is 244 g/mol. The fraction of sp³-hybridized carbons (Fsp3) is 0.667. The smallest absolute Gasteiger partial charge is 0.0369 e. The van der Waals surface area contributed by atoms with Gasteiger partial charge < -0.3 is 10.2 Å². The molecule has 1 aromatic rings. The number of benzene rings is 1. The number of nitrogens with zero attached hydrogens (tertiary/aromatic N) is 1. The van der Waals surface area contributed by atoms with Crippen LogP contribution in [0, 0.1) is 19.8 Å². The molecule has 2 atom stereocenters. The minimum atomic E-state index is 0.733. The zero-order valence-corrected chi connectivity index (χ0v) is 13.6. The van der Waals surface area contributed by atoms with Gasteiger partial charge in [-0.25, -0.2) is 0 Å². The van der Waals surface area contributed by atoms with E-state index in [0.717, 1.165) is 25.0 Å². The van der Waals surface area contributed by atoms with E-state index in [0.29, 0.717) is 0 Å². The Balaban J connectivity index is 1.81. The van der Waals surface area contributed by atoms with Crippen LogP contribution in [0.3, 0.4) is 0 Å². The van der Waals surface area contributed by atoms with Crippen LogP contribution in [0.2, 0.25) is 0 Å². The summed E-state index contributed by atoms with van der Waals surface area (Å²) in [5.41, 5.74) is 4.03. The highest BCUT2D eigenvalue weighted by molar-refractivity contribution is 5.50. The Morgan fingerprint density at radius 2 is 1.75 bits per heavy atom. The molecule has 0 radical (unpaired) electrons. The van der Waals surface area contributed by atoms with Crippen LogP contribution in [-0.4, -0.2) is 26.2 Å². The van der Waals surface area contributed by atoms with Gasteiger partial charge in [-0.2, -0.15) is 0 Å². The molecule has 1 aliphatic rings. The van der Waals surface area contributed by atoms with Crippen molar-refractivity contribution in [2.75, 3.05) is 25.0 Å². The van der Waals surface area contributed by atoms with Crippen LogP contribution >= 0.6 is 0 Å². The quantitative estimate of drug-likeness (QED) is 0.876. The molecule has 0 aromatic heterocycles. The summed E-state index contributed by atoms with van der Waals surface area (Å²) in [5.74, 6) is 0.843. The lowest BCUT2D eigenvalue weighted by atomic mass is 9.86. The minimum absolute atomic E-state index is 0.733. The van der Waals surface area contributed by atoms with Gasteiger partial charge >= 0.3 is 0 Å². The molecule has 2 rings (SSSR count). The summed E-state index contributed by atoms with van der Waals surface area (Å²) in [6.45, 7) is 8.90. The van der Waals surface area contributed by atoms with Crippen LogP contribution in [-0.2, 0) is 0 Å². The molecule has 2 heteroatoms. The summed E-state index contributed by atoms with van der Waals surface area (Å²) in [4.78, 5) is 2.36. The number of hydrogen-bond acceptors (Lipinski definition) is 2. The van der Waals surface area contributed by atoms with Gasteiger partial charge in [0.1, 0.15) is 0 Å². The summed E-state index contributed by atoms with van der Waals surface area (Å²) in [7, 11) is 2.19. The molecule has 1 aliphatic carbocycles. The highest BCUT2D eigenvalue weighted by atomic mass is 15.1. The summed E-state index contributed by atoms with van der Waals surface area (Å²) < 4.78 is 0. The SMILES string of the molecule is Cc1cc(C)cc(N(C)CCNC2CCCCC2C)c1. The first-order chi connectivity index (χ1) is 9.56. The van der Waals surface area contributed by atoms with Crippen molar-refractivity contribution < 1.29 is 0 Å². The fourth-order valence-corrected chi connectivity index (χ4v) is 3.34. The van der Waals surface area contributed by atoms with Crippen LogP contribution in [0.5, 0.6) is 0 Å². The Bertz CT molecular complexity index is 407. The van der Waals surface area contributed by atoms with Crippen molar-refractivity contribution in [2.45, 2.75) is 52.5 Å². The van der Waals surface area contributed by atoms with E-state index < -0.39 is 0 Å². The van der Waals surface area contributed by atoms with Gasteiger partial charge in [0.15, 0.2) is 0 Å². The lowest BCUT2D eigenvalue weighted by molar-refractivity contribution is 0.283. The summed E-state index contributed by atoms with van der Waals surface area (Å²) in [6.07, 6.45) is 5.57. The van der Waals surface area contributed by atoms with Crippen LogP contribution < -0.4 is 10.2 Å². The van der Waals surface area contributed by atoms with Crippen molar-refractivity contribution in [3.05, 3.63) is 29.3 Å². The molecule has 0 saturated heterocycles. The molecule has 0 amide bonds. The summed E-state index contributed by atoms with van der Waals surface area (Å²) in [6, 6.07) is 7.52. The van der Waals surface area contributed by atoms with Crippen LogP contribution in [0.1, 0.15) is 43.7 Å². The molecule has 0 spiro atoms. The average Bonchev–Trinajstić information content (AvgIpc) is 2.39. The Morgan fingerprint density at radius 3 is 2.40 bits per heavy atom. The molecule has 2 nitrogen and oxygen atoms in total. The fourth-order valence-electron chi connectivity index (χ4n) is 3.34. The second-order valence-corrected chi connectivity index (χ2v) is 6.59. The Morgan fingerprint density at radius 1 is 1.10 bits per heavy atom. The molecule has 2 unspecified atom stereocenters. The number of rotatable bonds is 5. The first kappa shape index (κ1) is 15.4. The first-order valence-corrected chi connectivity index (χ1v) is 8.09. The van der Waals surface area contributed by atoms with Crippen molar-refractivity contribution in [1.29, 1.82) is 0 Å². The Hall–Kier alpha value is -1.02. The van der Waals surface area contributed by atoms with Crippen molar-refractivity contribution in [1.82, 2.24) is 5.32 Å². The van der Waals surface area contributed by atoms with Gasteiger partial charge in [-0.3, -0.25) is 0 Å². The van der Waals surface area contributed by atoms with Crippen LogP contribution in [0.25, 0.3) is 0 Å². The second kappa shape index (κ2) is 7.12. The van der Waals surface area contributed by atoms with E-state index in [1.165, 1.54) is 42.5 Å². The van der Waals surface area contributed by atoms with E-state index in [2.05, 4.69) is 56.2 Å². The monoisotopic (exact) mass is 274 g/mol. The average molecular weight is 274 g/mol. The van der Waals surface area contributed by atoms with Crippen molar-refractivity contribution >= 4 is 5.69 Å². The van der Waals surface area contributed by atoms with E-state index in [1.54, 1.807) is 0 Å². The van der Waals surface area contributed by atoms with E-state index in [-0.39, 0.29) is 0 Å². The number of anilines is 1. The van der Waals surface area contributed by atoms with Crippen LogP contribution in [0.15, 0.2) is 18.2 Å². The van der Waals surface area contributed by atoms with Gasteiger partial charge in [-0.15, -0.1) is 0 Å². The maximum atomic E-state index is 3.76. The molecule has 0 heterocycles. The molecule has 1 aromatic carbocycles. The third-order valence-electron chi connectivity index (χ3n) is 4.61. The third-order valence-corrected chi connectivity index (χ3v) is 4.61. The normalized spacial score (nSPS) is 22.8. The Labute approximate surface area is 124 Å². The molecule has 1 fully saturated rings. The molecule has 20 heavy (non-hydrogen) atoms. The second-order valence-electron chi connectivity index (χ2n) is 6.59. The van der Waals surface area contributed by atoms with Crippen molar-refractivity contribution in [2.24, 2.45) is 5.92 Å². The van der Waals surface area contributed by atoms with Gasteiger partial charge in [0.25, 0.3) is 0 Å². The van der Waals surface area contributed by atoms with Gasteiger partial charge in [0.2, 0.25) is 0 Å². The zero-order chi connectivity index (χ0) is 14.5. The standard InChI is InChI=1S/C18H30N2/c1-14-11-15(2)13-17(12-14)20(4)10-9-19-18-8-6-5-7-16(18)3/h11-13,16,18-19H,5-10H2,1-4H3. The molecule has 1 N–H and O–H groups in total. The number of nitrogens with one attached hydrogen (secondary N) is 1. The lowest BCUT2D eigenvalue weighted by Gasteiger charge is -2.30. The van der Waals surface area contributed by atoms with Crippen molar-refractivity contribution in [3.63, 3.8) is 0 Å². The molecule has 112 valence electrons. The molecule has 0 aliphatic heterocycles. The van der Waals surface area contributed by atoms with E-state index in [4.69, 9.17) is 0 Å². The van der Waals surface area contributed by atoms with E-state index in [9.17, 15) is 0 Å². The van der Waals surface area contributed by atoms with E-state index in [1.807, 2.05) is 0 Å². The number of aryl methyl sites for hydroxylation is 2. The number of likely N-dealkylation sites (N-methyl/N-ethyl adjacent to an activating group) is 1. The highest BCUT2D eigenvalue weighted by Gasteiger charge is 2.20.